The van der Waals surface area contributed by atoms with Crippen molar-refractivity contribution in [1.82, 2.24) is 19.7 Å². The Balaban J connectivity index is 1.54. The standard InChI is InChI=1S/C20H20N4O2/c1-15-3-5-16(6-4-15)14-24-17-7-12-26-19(17)13-18(24)20(25)21-9-11-23-10-2-8-22-23/h2-8,10,12-13H,9,11,14H2,1H3,(H,21,25). The van der Waals surface area contributed by atoms with Crippen LogP contribution in [-0.2, 0) is 13.1 Å². The predicted molar refractivity (Wildman–Crippen MR) is 99.0 cm³/mol. The summed E-state index contributed by atoms with van der Waals surface area (Å²) in [7, 11) is 0. The number of amides is 1. The SMILES string of the molecule is Cc1ccc(Cn2c(C(=O)NCCn3cccn3)cc3occc32)cc1. The Bertz CT molecular complexity index is 1010. The van der Waals surface area contributed by atoms with Gasteiger partial charge in [0.1, 0.15) is 5.69 Å². The predicted octanol–water partition coefficient (Wildman–Crippen LogP) is 3.22. The molecule has 0 aliphatic carbocycles. The molecule has 4 rings (SSSR count). The number of aromatic nitrogens is 3. The zero-order valence-electron chi connectivity index (χ0n) is 14.6. The van der Waals surface area contributed by atoms with Crippen LogP contribution in [0, 0.1) is 6.92 Å². The molecule has 0 saturated carbocycles. The van der Waals surface area contributed by atoms with E-state index in [0.717, 1.165) is 11.1 Å². The molecule has 0 bridgehead atoms. The van der Waals surface area contributed by atoms with Gasteiger partial charge in [-0.2, -0.15) is 5.10 Å². The van der Waals surface area contributed by atoms with Crippen molar-refractivity contribution in [3.05, 3.63) is 77.9 Å². The number of carbonyl (C=O) groups is 1. The van der Waals surface area contributed by atoms with Crippen LogP contribution < -0.4 is 5.32 Å². The minimum atomic E-state index is -0.115. The van der Waals surface area contributed by atoms with Crippen LogP contribution in [0.4, 0.5) is 0 Å². The Morgan fingerprint density at radius 2 is 2.08 bits per heavy atom. The lowest BCUT2D eigenvalue weighted by atomic mass is 10.1. The maximum Gasteiger partial charge on any atom is 0.268 e. The number of hydrogen-bond donors (Lipinski definition) is 1. The Kier molecular flexibility index (Phi) is 4.31. The number of fused-ring (bicyclic) bond motifs is 1. The van der Waals surface area contributed by atoms with E-state index in [4.69, 9.17) is 4.42 Å². The molecule has 1 N–H and O–H groups in total. The number of nitrogens with zero attached hydrogens (tertiary/aromatic N) is 3. The van der Waals surface area contributed by atoms with E-state index in [0.29, 0.717) is 30.9 Å². The fourth-order valence-electron chi connectivity index (χ4n) is 3.02. The fraction of sp³-hybridized carbons (Fsp3) is 0.200. The minimum Gasteiger partial charge on any atom is -0.463 e. The highest BCUT2D eigenvalue weighted by Gasteiger charge is 2.17. The summed E-state index contributed by atoms with van der Waals surface area (Å²) in [4.78, 5) is 12.7. The normalized spacial score (nSPS) is 11.1. The fourth-order valence-corrected chi connectivity index (χ4v) is 3.02. The van der Waals surface area contributed by atoms with E-state index in [1.54, 1.807) is 23.2 Å². The molecule has 132 valence electrons. The molecule has 6 heteroatoms. The second kappa shape index (κ2) is 6.92. The molecular formula is C20H20N4O2. The Hall–Kier alpha value is -3.28. The van der Waals surface area contributed by atoms with Crippen LogP contribution in [0.2, 0.25) is 0 Å². The molecule has 1 amide bonds. The number of rotatable bonds is 6. The number of benzene rings is 1. The molecular weight excluding hydrogens is 328 g/mol. The average molecular weight is 348 g/mol. The van der Waals surface area contributed by atoms with Gasteiger partial charge in [0.25, 0.3) is 5.91 Å². The van der Waals surface area contributed by atoms with Crippen molar-refractivity contribution in [2.45, 2.75) is 20.0 Å². The van der Waals surface area contributed by atoms with E-state index in [1.807, 2.05) is 22.9 Å². The van der Waals surface area contributed by atoms with Crippen LogP contribution >= 0.6 is 0 Å². The zero-order valence-corrected chi connectivity index (χ0v) is 14.6. The summed E-state index contributed by atoms with van der Waals surface area (Å²) in [6, 6.07) is 13.9. The second-order valence-corrected chi connectivity index (χ2v) is 6.30. The first-order valence-corrected chi connectivity index (χ1v) is 8.58. The summed E-state index contributed by atoms with van der Waals surface area (Å²) in [5, 5.41) is 7.10. The lowest BCUT2D eigenvalue weighted by Crippen LogP contribution is -2.29. The maximum absolute atomic E-state index is 12.7. The van der Waals surface area contributed by atoms with Gasteiger partial charge in [0, 0.05) is 37.6 Å². The Morgan fingerprint density at radius 1 is 1.23 bits per heavy atom. The van der Waals surface area contributed by atoms with Gasteiger partial charge in [-0.25, -0.2) is 0 Å². The number of aryl methyl sites for hydroxylation is 1. The van der Waals surface area contributed by atoms with Crippen molar-refractivity contribution in [3.63, 3.8) is 0 Å². The largest absolute Gasteiger partial charge is 0.463 e. The maximum atomic E-state index is 12.7. The molecule has 0 radical (unpaired) electrons. The van der Waals surface area contributed by atoms with Crippen LogP contribution in [0.1, 0.15) is 21.6 Å². The van der Waals surface area contributed by atoms with E-state index in [2.05, 4.69) is 41.6 Å². The van der Waals surface area contributed by atoms with Gasteiger partial charge in [-0.3, -0.25) is 9.48 Å². The van der Waals surface area contributed by atoms with E-state index in [9.17, 15) is 4.79 Å². The van der Waals surface area contributed by atoms with Crippen molar-refractivity contribution < 1.29 is 9.21 Å². The van der Waals surface area contributed by atoms with Crippen LogP contribution in [0.25, 0.3) is 11.1 Å². The number of furan rings is 1. The summed E-state index contributed by atoms with van der Waals surface area (Å²) in [5.74, 6) is -0.115. The molecule has 6 nitrogen and oxygen atoms in total. The first-order chi connectivity index (χ1) is 12.7. The van der Waals surface area contributed by atoms with Gasteiger partial charge in [0.15, 0.2) is 5.58 Å². The quantitative estimate of drug-likeness (QED) is 0.582. The monoisotopic (exact) mass is 348 g/mol. The third kappa shape index (κ3) is 3.26. The number of nitrogens with one attached hydrogen (secondary N) is 1. The number of carbonyl (C=O) groups excluding carboxylic acids is 1. The third-order valence-corrected chi connectivity index (χ3v) is 4.40. The molecule has 0 unspecified atom stereocenters. The molecule has 0 fully saturated rings. The highest BCUT2D eigenvalue weighted by molar-refractivity contribution is 5.97. The highest BCUT2D eigenvalue weighted by Crippen LogP contribution is 2.22. The summed E-state index contributed by atoms with van der Waals surface area (Å²) >= 11 is 0. The van der Waals surface area contributed by atoms with Crippen molar-refractivity contribution in [2.24, 2.45) is 0 Å². The van der Waals surface area contributed by atoms with Gasteiger partial charge < -0.3 is 14.3 Å². The molecule has 0 spiro atoms. The lowest BCUT2D eigenvalue weighted by molar-refractivity contribution is 0.0943. The van der Waals surface area contributed by atoms with Gasteiger partial charge in [0.2, 0.25) is 0 Å². The topological polar surface area (TPSA) is 65.0 Å². The summed E-state index contributed by atoms with van der Waals surface area (Å²) in [6.07, 6.45) is 5.25. The Morgan fingerprint density at radius 3 is 2.85 bits per heavy atom. The van der Waals surface area contributed by atoms with Crippen LogP contribution in [0.15, 0.2) is 65.5 Å². The van der Waals surface area contributed by atoms with Crippen molar-refractivity contribution in [2.75, 3.05) is 6.54 Å². The van der Waals surface area contributed by atoms with Crippen molar-refractivity contribution in [1.29, 1.82) is 0 Å². The van der Waals surface area contributed by atoms with Crippen molar-refractivity contribution in [3.8, 4) is 0 Å². The first kappa shape index (κ1) is 16.2. The highest BCUT2D eigenvalue weighted by atomic mass is 16.3. The summed E-state index contributed by atoms with van der Waals surface area (Å²) in [5.41, 5.74) is 4.59. The molecule has 0 aliphatic rings. The van der Waals surface area contributed by atoms with Gasteiger partial charge >= 0.3 is 0 Å². The van der Waals surface area contributed by atoms with E-state index in [-0.39, 0.29) is 5.91 Å². The molecule has 26 heavy (non-hydrogen) atoms. The lowest BCUT2D eigenvalue weighted by Gasteiger charge is -2.11. The second-order valence-electron chi connectivity index (χ2n) is 6.30. The van der Waals surface area contributed by atoms with Crippen LogP contribution in [0.3, 0.4) is 0 Å². The van der Waals surface area contributed by atoms with E-state index < -0.39 is 0 Å². The molecule has 0 aliphatic heterocycles. The van der Waals surface area contributed by atoms with Crippen molar-refractivity contribution >= 4 is 17.0 Å². The third-order valence-electron chi connectivity index (χ3n) is 4.40. The zero-order chi connectivity index (χ0) is 17.9. The van der Waals surface area contributed by atoms with E-state index >= 15 is 0 Å². The minimum absolute atomic E-state index is 0.115. The smallest absolute Gasteiger partial charge is 0.268 e. The number of hydrogen-bond acceptors (Lipinski definition) is 3. The Labute approximate surface area is 151 Å². The molecule has 4 aromatic rings. The van der Waals surface area contributed by atoms with Crippen LogP contribution in [-0.4, -0.2) is 26.8 Å². The first-order valence-electron chi connectivity index (χ1n) is 8.58. The summed E-state index contributed by atoms with van der Waals surface area (Å²) < 4.78 is 9.28. The average Bonchev–Trinajstić information content (AvgIpc) is 3.35. The van der Waals surface area contributed by atoms with Gasteiger partial charge in [0.05, 0.1) is 18.3 Å². The van der Waals surface area contributed by atoms with Gasteiger partial charge in [-0.15, -0.1) is 0 Å². The molecule has 1 aromatic carbocycles. The molecule has 3 aromatic heterocycles. The van der Waals surface area contributed by atoms with Gasteiger partial charge in [-0.05, 0) is 18.6 Å². The molecule has 3 heterocycles. The molecule has 0 atom stereocenters. The van der Waals surface area contributed by atoms with E-state index in [1.165, 1.54) is 5.56 Å². The summed E-state index contributed by atoms with van der Waals surface area (Å²) in [6.45, 7) is 3.82. The van der Waals surface area contributed by atoms with Gasteiger partial charge in [-0.1, -0.05) is 29.8 Å². The molecule has 0 saturated heterocycles. The van der Waals surface area contributed by atoms with Crippen LogP contribution in [0.5, 0.6) is 0 Å².